The average Bonchev–Trinajstić information content (AvgIpc) is 2.71. The van der Waals surface area contributed by atoms with E-state index < -0.39 is 0 Å². The number of benzene rings is 2. The number of hydrogen-bond donors (Lipinski definition) is 2. The van der Waals surface area contributed by atoms with Gasteiger partial charge in [0.15, 0.2) is 17.5 Å². The van der Waals surface area contributed by atoms with Gasteiger partial charge in [-0.05, 0) is 42.8 Å². The zero-order valence-electron chi connectivity index (χ0n) is 16.5. The average molecular weight is 403 g/mol. The molecule has 7 heteroatoms. The number of likely N-dealkylation sites (N-methyl/N-ethyl adjacent to an activating group) is 1. The van der Waals surface area contributed by atoms with Gasteiger partial charge in [-0.2, -0.15) is 5.26 Å². The number of nitriles is 1. The van der Waals surface area contributed by atoms with Gasteiger partial charge < -0.3 is 19.7 Å². The van der Waals surface area contributed by atoms with Gasteiger partial charge in [-0.3, -0.25) is 4.79 Å². The van der Waals surface area contributed by atoms with Crippen LogP contribution in [0.4, 0.5) is 5.69 Å². The lowest BCUT2D eigenvalue weighted by atomic mass is 10.1. The molecule has 2 atom stereocenters. The van der Waals surface area contributed by atoms with Crippen LogP contribution < -0.4 is 19.7 Å². The topological polar surface area (TPSA) is 75.8 Å². The summed E-state index contributed by atoms with van der Waals surface area (Å²) in [6.45, 7) is 2.66. The van der Waals surface area contributed by atoms with Crippen LogP contribution in [-0.4, -0.2) is 39.8 Å². The standard InChI is InChI=1S/C21H24ClN3O3/c1-14(21(26)24-17-7-6-16(13-23)18(22)12-17)25(2)10-9-15-5-8-19(27-3)20(11-15)28-4/h5-8,11-12,14H,9-10H2,1-4H3,(H,24,26)/p+1/t14-/m0/s1. The Hall–Kier alpha value is -2.75. The Bertz CT molecular complexity index is 880. The zero-order valence-corrected chi connectivity index (χ0v) is 17.3. The van der Waals surface area contributed by atoms with E-state index >= 15 is 0 Å². The summed E-state index contributed by atoms with van der Waals surface area (Å²) < 4.78 is 10.6. The first-order chi connectivity index (χ1) is 13.4. The van der Waals surface area contributed by atoms with E-state index in [-0.39, 0.29) is 11.9 Å². The van der Waals surface area contributed by atoms with Gasteiger partial charge in [-0.25, -0.2) is 0 Å². The summed E-state index contributed by atoms with van der Waals surface area (Å²) in [4.78, 5) is 13.6. The second-order valence-electron chi connectivity index (χ2n) is 6.55. The summed E-state index contributed by atoms with van der Waals surface area (Å²) >= 11 is 6.02. The molecule has 28 heavy (non-hydrogen) atoms. The SMILES string of the molecule is COc1ccc(CC[NH+](C)[C@@H](C)C(=O)Nc2ccc(C#N)c(Cl)c2)cc1OC. The number of nitrogens with one attached hydrogen (secondary N) is 2. The van der Waals surface area contributed by atoms with E-state index in [0.717, 1.165) is 23.4 Å². The first-order valence-corrected chi connectivity index (χ1v) is 9.31. The van der Waals surface area contributed by atoms with Gasteiger partial charge in [0.05, 0.1) is 38.4 Å². The molecule has 0 bridgehead atoms. The minimum absolute atomic E-state index is 0.106. The molecule has 2 aromatic rings. The highest BCUT2D eigenvalue weighted by Crippen LogP contribution is 2.27. The molecular formula is C21H25ClN3O3+. The summed E-state index contributed by atoms with van der Waals surface area (Å²) in [6, 6.07) is 12.4. The van der Waals surface area contributed by atoms with E-state index in [0.29, 0.717) is 27.8 Å². The highest BCUT2D eigenvalue weighted by Gasteiger charge is 2.22. The predicted octanol–water partition coefficient (Wildman–Crippen LogP) is 2.31. The number of methoxy groups -OCH3 is 2. The molecule has 0 aliphatic carbocycles. The minimum atomic E-state index is -0.255. The molecular weight excluding hydrogens is 378 g/mol. The summed E-state index contributed by atoms with van der Waals surface area (Å²) in [5.74, 6) is 1.28. The van der Waals surface area contributed by atoms with Crippen molar-refractivity contribution in [3.05, 3.63) is 52.5 Å². The van der Waals surface area contributed by atoms with Crippen LogP contribution in [0, 0.1) is 11.3 Å². The normalized spacial score (nSPS) is 12.6. The minimum Gasteiger partial charge on any atom is -0.493 e. The van der Waals surface area contributed by atoms with Gasteiger partial charge in [-0.15, -0.1) is 0 Å². The van der Waals surface area contributed by atoms with Crippen molar-refractivity contribution in [3.8, 4) is 17.6 Å². The molecule has 0 saturated carbocycles. The molecule has 0 aliphatic rings. The molecule has 1 unspecified atom stereocenters. The van der Waals surface area contributed by atoms with Crippen molar-refractivity contribution in [2.45, 2.75) is 19.4 Å². The third-order valence-electron chi connectivity index (χ3n) is 4.75. The van der Waals surface area contributed by atoms with E-state index in [9.17, 15) is 4.79 Å². The Kier molecular flexibility index (Phi) is 7.68. The molecule has 0 aromatic heterocycles. The van der Waals surface area contributed by atoms with Gasteiger partial charge in [-0.1, -0.05) is 17.7 Å². The fraction of sp³-hybridized carbons (Fsp3) is 0.333. The van der Waals surface area contributed by atoms with Crippen LogP contribution in [0.2, 0.25) is 5.02 Å². The van der Waals surface area contributed by atoms with Crippen molar-refractivity contribution in [2.75, 3.05) is 33.1 Å². The number of anilines is 1. The highest BCUT2D eigenvalue weighted by molar-refractivity contribution is 6.32. The zero-order chi connectivity index (χ0) is 20.7. The van der Waals surface area contributed by atoms with E-state index in [1.807, 2.05) is 38.2 Å². The number of carbonyl (C=O) groups excluding carboxylic acids is 1. The molecule has 6 nitrogen and oxygen atoms in total. The van der Waals surface area contributed by atoms with Crippen LogP contribution in [0.15, 0.2) is 36.4 Å². The van der Waals surface area contributed by atoms with Crippen molar-refractivity contribution >= 4 is 23.2 Å². The maximum absolute atomic E-state index is 12.5. The van der Waals surface area contributed by atoms with Gasteiger partial charge in [0.25, 0.3) is 5.91 Å². The molecule has 148 valence electrons. The van der Waals surface area contributed by atoms with E-state index in [4.69, 9.17) is 26.3 Å². The third-order valence-corrected chi connectivity index (χ3v) is 5.06. The second-order valence-corrected chi connectivity index (χ2v) is 6.96. The maximum atomic E-state index is 12.5. The number of quaternary nitrogens is 1. The Morgan fingerprint density at radius 3 is 2.54 bits per heavy atom. The number of carbonyl (C=O) groups is 1. The van der Waals surface area contributed by atoms with Gasteiger partial charge >= 0.3 is 0 Å². The monoisotopic (exact) mass is 402 g/mol. The summed E-state index contributed by atoms with van der Waals surface area (Å²) in [7, 11) is 5.20. The molecule has 0 heterocycles. The maximum Gasteiger partial charge on any atom is 0.282 e. The summed E-state index contributed by atoms with van der Waals surface area (Å²) in [5.41, 5.74) is 2.07. The largest absolute Gasteiger partial charge is 0.493 e. The van der Waals surface area contributed by atoms with Gasteiger partial charge in [0, 0.05) is 12.1 Å². The molecule has 1 amide bonds. The summed E-state index contributed by atoms with van der Waals surface area (Å²) in [5, 5.41) is 12.1. The highest BCUT2D eigenvalue weighted by atomic mass is 35.5. The molecule has 0 aliphatic heterocycles. The molecule has 2 aromatic carbocycles. The molecule has 0 spiro atoms. The van der Waals surface area contributed by atoms with Crippen LogP contribution in [0.1, 0.15) is 18.1 Å². The van der Waals surface area contributed by atoms with Crippen LogP contribution in [-0.2, 0) is 11.2 Å². The number of rotatable bonds is 8. The van der Waals surface area contributed by atoms with E-state index in [1.165, 1.54) is 0 Å². The fourth-order valence-electron chi connectivity index (χ4n) is 2.75. The molecule has 0 fully saturated rings. The number of amides is 1. The lowest BCUT2D eigenvalue weighted by Crippen LogP contribution is -3.14. The molecule has 2 rings (SSSR count). The summed E-state index contributed by atoms with van der Waals surface area (Å²) in [6.07, 6.45) is 0.798. The number of nitrogens with zero attached hydrogens (tertiary/aromatic N) is 1. The van der Waals surface area contributed by atoms with Gasteiger partial charge in [0.1, 0.15) is 6.07 Å². The van der Waals surface area contributed by atoms with Crippen LogP contribution in [0.5, 0.6) is 11.5 Å². The van der Waals surface area contributed by atoms with E-state index in [1.54, 1.807) is 32.4 Å². The van der Waals surface area contributed by atoms with Crippen molar-refractivity contribution in [1.29, 1.82) is 5.26 Å². The first kappa shape index (κ1) is 21.5. The van der Waals surface area contributed by atoms with Crippen molar-refractivity contribution in [2.24, 2.45) is 0 Å². The molecule has 0 radical (unpaired) electrons. The number of hydrogen-bond acceptors (Lipinski definition) is 4. The Morgan fingerprint density at radius 2 is 1.93 bits per heavy atom. The molecule has 0 saturated heterocycles. The first-order valence-electron chi connectivity index (χ1n) is 8.93. The van der Waals surface area contributed by atoms with Crippen molar-refractivity contribution in [1.82, 2.24) is 0 Å². The Balaban J connectivity index is 1.94. The van der Waals surface area contributed by atoms with Crippen LogP contribution in [0.3, 0.4) is 0 Å². The number of ether oxygens (including phenoxy) is 2. The lowest BCUT2D eigenvalue weighted by Gasteiger charge is -2.21. The van der Waals surface area contributed by atoms with Crippen molar-refractivity contribution < 1.29 is 19.2 Å². The number of halogens is 1. The fourth-order valence-corrected chi connectivity index (χ4v) is 2.97. The van der Waals surface area contributed by atoms with Crippen molar-refractivity contribution in [3.63, 3.8) is 0 Å². The van der Waals surface area contributed by atoms with Crippen LogP contribution in [0.25, 0.3) is 0 Å². The van der Waals surface area contributed by atoms with Gasteiger partial charge in [0.2, 0.25) is 0 Å². The Labute approximate surface area is 170 Å². The smallest absolute Gasteiger partial charge is 0.282 e. The molecule has 2 N–H and O–H groups in total. The quantitative estimate of drug-likeness (QED) is 0.710. The van der Waals surface area contributed by atoms with E-state index in [2.05, 4.69) is 5.32 Å². The second kappa shape index (κ2) is 9.98. The lowest BCUT2D eigenvalue weighted by molar-refractivity contribution is -0.893. The third kappa shape index (κ3) is 5.38. The Morgan fingerprint density at radius 1 is 1.21 bits per heavy atom. The predicted molar refractivity (Wildman–Crippen MR) is 109 cm³/mol. The van der Waals surface area contributed by atoms with Crippen LogP contribution >= 0.6 is 11.6 Å².